The van der Waals surface area contributed by atoms with Crippen molar-refractivity contribution in [2.75, 3.05) is 11.5 Å². The Balaban J connectivity index is 2.40. The molecule has 0 saturated carbocycles. The highest BCUT2D eigenvalue weighted by molar-refractivity contribution is 7.99. The Kier molecular flexibility index (Phi) is 6.04. The molecule has 1 N–H and O–H groups in total. The van der Waals surface area contributed by atoms with Crippen molar-refractivity contribution in [2.45, 2.75) is 52.6 Å². The average Bonchev–Trinajstić information content (AvgIpc) is 2.71. The van der Waals surface area contributed by atoms with Gasteiger partial charge in [-0.05, 0) is 30.2 Å². The maximum Gasteiger partial charge on any atom is 0.0302 e. The normalized spacial score (nSPS) is 13.9. The fourth-order valence-corrected chi connectivity index (χ4v) is 3.23. The molecule has 1 heterocycles. The third-order valence-electron chi connectivity index (χ3n) is 2.60. The molecule has 0 saturated heterocycles. The Morgan fingerprint density at radius 1 is 1.35 bits per heavy atom. The summed E-state index contributed by atoms with van der Waals surface area (Å²) < 4.78 is 0. The highest BCUT2D eigenvalue weighted by Gasteiger charge is 2.15. The first-order chi connectivity index (χ1) is 7.93. The SMILES string of the molecule is CCSCC(C)NCc1ccc(C(C)(C)C)s1. The summed E-state index contributed by atoms with van der Waals surface area (Å²) in [5.41, 5.74) is 0.284. The highest BCUT2D eigenvalue weighted by Crippen LogP contribution is 2.29. The van der Waals surface area contributed by atoms with Crippen LogP contribution in [0.3, 0.4) is 0 Å². The highest BCUT2D eigenvalue weighted by atomic mass is 32.2. The van der Waals surface area contributed by atoms with E-state index in [2.05, 4.69) is 52.1 Å². The summed E-state index contributed by atoms with van der Waals surface area (Å²) >= 11 is 3.94. The van der Waals surface area contributed by atoms with Crippen LogP contribution < -0.4 is 5.32 Å². The Morgan fingerprint density at radius 3 is 2.59 bits per heavy atom. The Morgan fingerprint density at radius 2 is 2.06 bits per heavy atom. The summed E-state index contributed by atoms with van der Waals surface area (Å²) in [6.07, 6.45) is 0. The Bertz CT molecular complexity index is 325. The number of hydrogen-bond acceptors (Lipinski definition) is 3. The van der Waals surface area contributed by atoms with Crippen LogP contribution in [-0.2, 0) is 12.0 Å². The van der Waals surface area contributed by atoms with Gasteiger partial charge in [0.25, 0.3) is 0 Å². The largest absolute Gasteiger partial charge is 0.309 e. The van der Waals surface area contributed by atoms with Gasteiger partial charge in [0.15, 0.2) is 0 Å². The molecule has 0 radical (unpaired) electrons. The van der Waals surface area contributed by atoms with E-state index in [0.29, 0.717) is 6.04 Å². The van der Waals surface area contributed by atoms with Crippen LogP contribution in [0.1, 0.15) is 44.4 Å². The standard InChI is InChI=1S/C14H25NS2/c1-6-16-10-11(2)15-9-12-7-8-13(17-12)14(3,4)5/h7-8,11,15H,6,9-10H2,1-5H3. The van der Waals surface area contributed by atoms with Gasteiger partial charge in [-0.1, -0.05) is 27.7 Å². The van der Waals surface area contributed by atoms with Gasteiger partial charge in [-0.2, -0.15) is 11.8 Å². The molecule has 1 nitrogen and oxygen atoms in total. The summed E-state index contributed by atoms with van der Waals surface area (Å²) in [4.78, 5) is 2.92. The number of thioether (sulfide) groups is 1. The minimum Gasteiger partial charge on any atom is -0.309 e. The van der Waals surface area contributed by atoms with Crippen LogP contribution in [0.15, 0.2) is 12.1 Å². The molecule has 0 spiro atoms. The Labute approximate surface area is 114 Å². The second kappa shape index (κ2) is 6.81. The van der Waals surface area contributed by atoms with Crippen molar-refractivity contribution in [3.05, 3.63) is 21.9 Å². The Hall–Kier alpha value is 0.01000. The first-order valence-corrected chi connectivity index (χ1v) is 8.31. The maximum atomic E-state index is 3.59. The van der Waals surface area contributed by atoms with E-state index in [4.69, 9.17) is 0 Å². The van der Waals surface area contributed by atoms with Crippen molar-refractivity contribution in [3.63, 3.8) is 0 Å². The van der Waals surface area contributed by atoms with Crippen LogP contribution >= 0.6 is 23.1 Å². The molecule has 0 fully saturated rings. The van der Waals surface area contributed by atoms with Crippen molar-refractivity contribution in [3.8, 4) is 0 Å². The predicted octanol–water partition coefficient (Wildman–Crippen LogP) is 4.28. The third kappa shape index (κ3) is 5.45. The van der Waals surface area contributed by atoms with E-state index in [9.17, 15) is 0 Å². The minimum absolute atomic E-state index is 0.284. The lowest BCUT2D eigenvalue weighted by Gasteiger charge is -2.15. The predicted molar refractivity (Wildman–Crippen MR) is 82.3 cm³/mol. The first-order valence-electron chi connectivity index (χ1n) is 6.33. The molecule has 0 amide bonds. The lowest BCUT2D eigenvalue weighted by Crippen LogP contribution is -2.27. The van der Waals surface area contributed by atoms with E-state index in [-0.39, 0.29) is 5.41 Å². The van der Waals surface area contributed by atoms with E-state index in [0.717, 1.165) is 6.54 Å². The van der Waals surface area contributed by atoms with Gasteiger partial charge < -0.3 is 5.32 Å². The zero-order valence-corrected chi connectivity index (χ0v) is 13.3. The third-order valence-corrected chi connectivity index (χ3v) is 5.25. The number of nitrogens with one attached hydrogen (secondary N) is 1. The molecule has 1 aromatic rings. The molecule has 1 aromatic heterocycles. The van der Waals surface area contributed by atoms with Gasteiger partial charge in [0.2, 0.25) is 0 Å². The zero-order valence-electron chi connectivity index (χ0n) is 11.7. The fourth-order valence-electron chi connectivity index (χ4n) is 1.50. The topological polar surface area (TPSA) is 12.0 Å². The molecular weight excluding hydrogens is 246 g/mol. The second-order valence-corrected chi connectivity index (χ2v) is 7.94. The average molecular weight is 271 g/mol. The smallest absolute Gasteiger partial charge is 0.0302 e. The van der Waals surface area contributed by atoms with Crippen LogP contribution in [0, 0.1) is 0 Å². The zero-order chi connectivity index (χ0) is 12.9. The van der Waals surface area contributed by atoms with Crippen LogP contribution in [0.25, 0.3) is 0 Å². The van der Waals surface area contributed by atoms with Crippen LogP contribution in [-0.4, -0.2) is 17.5 Å². The summed E-state index contributed by atoms with van der Waals surface area (Å²) in [7, 11) is 0. The van der Waals surface area contributed by atoms with Gasteiger partial charge in [0, 0.05) is 28.1 Å². The number of hydrogen-bond donors (Lipinski definition) is 1. The van der Waals surface area contributed by atoms with Gasteiger partial charge >= 0.3 is 0 Å². The molecule has 98 valence electrons. The molecule has 0 aromatic carbocycles. The van der Waals surface area contributed by atoms with Crippen molar-refractivity contribution in [2.24, 2.45) is 0 Å². The quantitative estimate of drug-likeness (QED) is 0.829. The number of rotatable bonds is 6. The summed E-state index contributed by atoms with van der Waals surface area (Å²) in [5, 5.41) is 3.59. The fraction of sp³-hybridized carbons (Fsp3) is 0.714. The van der Waals surface area contributed by atoms with Crippen molar-refractivity contribution < 1.29 is 0 Å². The van der Waals surface area contributed by atoms with Gasteiger partial charge in [-0.25, -0.2) is 0 Å². The molecule has 0 bridgehead atoms. The molecule has 3 heteroatoms. The molecule has 1 unspecified atom stereocenters. The van der Waals surface area contributed by atoms with E-state index < -0.39 is 0 Å². The molecule has 0 aliphatic carbocycles. The van der Waals surface area contributed by atoms with E-state index in [1.165, 1.54) is 21.3 Å². The van der Waals surface area contributed by atoms with E-state index in [1.807, 2.05) is 23.1 Å². The number of thiophene rings is 1. The lowest BCUT2D eigenvalue weighted by molar-refractivity contribution is 0.600. The van der Waals surface area contributed by atoms with Crippen LogP contribution in [0.5, 0.6) is 0 Å². The van der Waals surface area contributed by atoms with Crippen LogP contribution in [0.4, 0.5) is 0 Å². The molecule has 0 aliphatic rings. The van der Waals surface area contributed by atoms with Crippen LogP contribution in [0.2, 0.25) is 0 Å². The van der Waals surface area contributed by atoms with Gasteiger partial charge in [-0.3, -0.25) is 0 Å². The van der Waals surface area contributed by atoms with Gasteiger partial charge in [0.1, 0.15) is 0 Å². The monoisotopic (exact) mass is 271 g/mol. The molecule has 17 heavy (non-hydrogen) atoms. The summed E-state index contributed by atoms with van der Waals surface area (Å²) in [6, 6.07) is 5.13. The molecule has 1 rings (SSSR count). The van der Waals surface area contributed by atoms with Gasteiger partial charge in [0.05, 0.1) is 0 Å². The summed E-state index contributed by atoms with van der Waals surface area (Å²) in [6.45, 7) is 12.3. The van der Waals surface area contributed by atoms with Crippen molar-refractivity contribution in [1.82, 2.24) is 5.32 Å². The molecular formula is C14H25NS2. The first kappa shape index (κ1) is 15.1. The van der Waals surface area contributed by atoms with Gasteiger partial charge in [-0.15, -0.1) is 11.3 Å². The molecule has 0 aliphatic heterocycles. The lowest BCUT2D eigenvalue weighted by atomic mass is 9.95. The van der Waals surface area contributed by atoms with Crippen molar-refractivity contribution in [1.29, 1.82) is 0 Å². The van der Waals surface area contributed by atoms with E-state index >= 15 is 0 Å². The summed E-state index contributed by atoms with van der Waals surface area (Å²) in [5.74, 6) is 2.41. The minimum atomic E-state index is 0.284. The molecule has 1 atom stereocenters. The second-order valence-electron chi connectivity index (χ2n) is 5.46. The maximum absolute atomic E-state index is 3.59. The van der Waals surface area contributed by atoms with E-state index in [1.54, 1.807) is 0 Å². The van der Waals surface area contributed by atoms with Crippen molar-refractivity contribution >= 4 is 23.1 Å².